The van der Waals surface area contributed by atoms with E-state index in [0.717, 1.165) is 51.3 Å². The molecule has 0 saturated carbocycles. The predicted molar refractivity (Wildman–Crippen MR) is 98.9 cm³/mol. The van der Waals surface area contributed by atoms with Gasteiger partial charge in [0.1, 0.15) is 0 Å². The maximum atomic E-state index is 11.4. The second-order valence-electron chi connectivity index (χ2n) is 6.73. The van der Waals surface area contributed by atoms with Gasteiger partial charge < -0.3 is 11.1 Å². The number of piperidine rings is 1. The molecule has 1 aliphatic rings. The van der Waals surface area contributed by atoms with Crippen LogP contribution in [0.2, 0.25) is 0 Å². The number of likely N-dealkylation sites (tertiary alicyclic amines) is 1. The van der Waals surface area contributed by atoms with Gasteiger partial charge in [-0.15, -0.1) is 0 Å². The minimum atomic E-state index is -0.173. The molecule has 1 aliphatic heterocycles. The summed E-state index contributed by atoms with van der Waals surface area (Å²) in [7, 11) is 0. The first-order valence-electron chi connectivity index (χ1n) is 9.00. The maximum absolute atomic E-state index is 11.4. The summed E-state index contributed by atoms with van der Waals surface area (Å²) in [5.74, 6) is -0.182. The summed E-state index contributed by atoms with van der Waals surface area (Å²) in [4.78, 5) is 13.8. The molecule has 0 radical (unpaired) electrons. The van der Waals surface area contributed by atoms with Gasteiger partial charge in [0.2, 0.25) is 5.91 Å². The van der Waals surface area contributed by atoms with Gasteiger partial charge >= 0.3 is 0 Å². The van der Waals surface area contributed by atoms with Crippen molar-refractivity contribution in [3.8, 4) is 0 Å². The highest BCUT2D eigenvalue weighted by Gasteiger charge is 2.23. The van der Waals surface area contributed by atoms with Crippen LogP contribution in [-0.4, -0.2) is 33.7 Å². The third-order valence-corrected chi connectivity index (χ3v) is 4.75. The summed E-state index contributed by atoms with van der Waals surface area (Å²) in [6.45, 7) is 6.37. The summed E-state index contributed by atoms with van der Waals surface area (Å²) < 4.78 is 1.93. The number of nitrogens with zero attached hydrogens (tertiary/aromatic N) is 3. The lowest BCUT2D eigenvalue weighted by atomic mass is 9.97. The Morgan fingerprint density at radius 3 is 3.04 bits per heavy atom. The van der Waals surface area contributed by atoms with E-state index in [2.05, 4.69) is 52.7 Å². The van der Waals surface area contributed by atoms with Crippen molar-refractivity contribution in [1.82, 2.24) is 14.7 Å². The number of aryl methyl sites for hydroxylation is 1. The van der Waals surface area contributed by atoms with Gasteiger partial charge in [-0.3, -0.25) is 14.4 Å². The topological polar surface area (TPSA) is 76.2 Å². The van der Waals surface area contributed by atoms with Crippen LogP contribution in [0.3, 0.4) is 0 Å². The molecule has 1 atom stereocenters. The lowest BCUT2D eigenvalue weighted by Crippen LogP contribution is -2.40. The van der Waals surface area contributed by atoms with Crippen LogP contribution < -0.4 is 11.1 Å². The van der Waals surface area contributed by atoms with Crippen molar-refractivity contribution in [3.05, 3.63) is 47.8 Å². The molecule has 1 aromatic heterocycles. The number of carbonyl (C=O) groups excluding carboxylic acids is 1. The number of hydrogen-bond acceptors (Lipinski definition) is 4. The lowest BCUT2D eigenvalue weighted by Gasteiger charge is -2.31. The molecule has 0 spiro atoms. The zero-order valence-corrected chi connectivity index (χ0v) is 14.8. The molecule has 1 saturated heterocycles. The van der Waals surface area contributed by atoms with Crippen molar-refractivity contribution in [2.45, 2.75) is 39.4 Å². The van der Waals surface area contributed by atoms with E-state index in [9.17, 15) is 4.79 Å². The summed E-state index contributed by atoms with van der Waals surface area (Å²) in [5.41, 5.74) is 9.00. The summed E-state index contributed by atoms with van der Waals surface area (Å²) in [5, 5.41) is 7.75. The third-order valence-electron chi connectivity index (χ3n) is 4.75. The fourth-order valence-corrected chi connectivity index (χ4v) is 3.34. The fraction of sp³-hybridized carbons (Fsp3) is 0.474. The molecule has 0 bridgehead atoms. The van der Waals surface area contributed by atoms with Crippen LogP contribution in [0.4, 0.5) is 5.69 Å². The Morgan fingerprint density at radius 1 is 1.40 bits per heavy atom. The van der Waals surface area contributed by atoms with E-state index in [4.69, 9.17) is 5.73 Å². The molecular formula is C19H27N5O. The van der Waals surface area contributed by atoms with Crippen LogP contribution in [0.15, 0.2) is 36.7 Å². The average Bonchev–Trinajstić information content (AvgIpc) is 3.09. The molecule has 2 aromatic rings. The Kier molecular flexibility index (Phi) is 5.71. The number of amides is 1. The van der Waals surface area contributed by atoms with E-state index in [1.807, 2.05) is 10.9 Å². The quantitative estimate of drug-likeness (QED) is 0.809. The van der Waals surface area contributed by atoms with E-state index < -0.39 is 0 Å². The zero-order valence-electron chi connectivity index (χ0n) is 14.8. The SMILES string of the molecule is CCn1cc(CNc2cccc(CN3CCC[C@H](C(N)=O)C3)c2)cn1. The first kappa shape index (κ1) is 17.5. The minimum absolute atomic E-state index is 0.00911. The Bertz CT molecular complexity index is 711. The molecular weight excluding hydrogens is 314 g/mol. The monoisotopic (exact) mass is 341 g/mol. The highest BCUT2D eigenvalue weighted by Crippen LogP contribution is 2.20. The van der Waals surface area contributed by atoms with Crippen molar-refractivity contribution in [3.63, 3.8) is 0 Å². The zero-order chi connectivity index (χ0) is 17.6. The van der Waals surface area contributed by atoms with Crippen molar-refractivity contribution in [2.75, 3.05) is 18.4 Å². The Balaban J connectivity index is 1.56. The van der Waals surface area contributed by atoms with E-state index in [1.165, 1.54) is 11.1 Å². The van der Waals surface area contributed by atoms with Gasteiger partial charge in [-0.05, 0) is 44.0 Å². The second-order valence-corrected chi connectivity index (χ2v) is 6.73. The number of nitrogens with one attached hydrogen (secondary N) is 1. The number of aromatic nitrogens is 2. The molecule has 25 heavy (non-hydrogen) atoms. The van der Waals surface area contributed by atoms with E-state index in [-0.39, 0.29) is 11.8 Å². The predicted octanol–water partition coefficient (Wildman–Crippen LogP) is 2.21. The smallest absolute Gasteiger partial charge is 0.221 e. The number of nitrogens with two attached hydrogens (primary N) is 1. The molecule has 3 rings (SSSR count). The van der Waals surface area contributed by atoms with Gasteiger partial charge in [-0.2, -0.15) is 5.10 Å². The number of rotatable bonds is 7. The Morgan fingerprint density at radius 2 is 2.28 bits per heavy atom. The highest BCUT2D eigenvalue weighted by molar-refractivity contribution is 5.76. The molecule has 0 unspecified atom stereocenters. The molecule has 1 fully saturated rings. The number of benzene rings is 1. The van der Waals surface area contributed by atoms with Crippen LogP contribution in [0.1, 0.15) is 30.9 Å². The molecule has 1 aromatic carbocycles. The van der Waals surface area contributed by atoms with E-state index in [0.29, 0.717) is 0 Å². The highest BCUT2D eigenvalue weighted by atomic mass is 16.1. The van der Waals surface area contributed by atoms with Gasteiger partial charge in [0, 0.05) is 43.6 Å². The summed E-state index contributed by atoms with van der Waals surface area (Å²) >= 11 is 0. The number of carbonyl (C=O) groups is 1. The molecule has 134 valence electrons. The first-order valence-corrected chi connectivity index (χ1v) is 9.00. The molecule has 6 heteroatoms. The molecule has 1 amide bonds. The Hall–Kier alpha value is -2.34. The minimum Gasteiger partial charge on any atom is -0.381 e. The van der Waals surface area contributed by atoms with Gasteiger partial charge in [0.25, 0.3) is 0 Å². The van der Waals surface area contributed by atoms with Crippen molar-refractivity contribution >= 4 is 11.6 Å². The van der Waals surface area contributed by atoms with Crippen LogP contribution in [0, 0.1) is 5.92 Å². The summed E-state index contributed by atoms with van der Waals surface area (Å²) in [6.07, 6.45) is 5.92. The average molecular weight is 341 g/mol. The fourth-order valence-electron chi connectivity index (χ4n) is 3.34. The maximum Gasteiger partial charge on any atom is 0.221 e. The number of hydrogen-bond donors (Lipinski definition) is 2. The second kappa shape index (κ2) is 8.16. The van der Waals surface area contributed by atoms with Gasteiger partial charge in [-0.1, -0.05) is 12.1 Å². The van der Waals surface area contributed by atoms with E-state index in [1.54, 1.807) is 0 Å². The third kappa shape index (κ3) is 4.82. The standard InChI is InChI=1S/C19H27N5O/c1-2-24-13-16(11-22-24)10-21-18-7-3-5-15(9-18)12-23-8-4-6-17(14-23)19(20)25/h3,5,7,9,11,13,17,21H,2,4,6,8,10,12,14H2,1H3,(H2,20,25)/t17-/m0/s1. The van der Waals surface area contributed by atoms with Gasteiger partial charge in [0.05, 0.1) is 12.1 Å². The number of primary amides is 1. The van der Waals surface area contributed by atoms with Crippen LogP contribution in [-0.2, 0) is 24.4 Å². The van der Waals surface area contributed by atoms with Crippen molar-refractivity contribution in [2.24, 2.45) is 11.7 Å². The van der Waals surface area contributed by atoms with E-state index >= 15 is 0 Å². The lowest BCUT2D eigenvalue weighted by molar-refractivity contribution is -0.123. The molecule has 0 aliphatic carbocycles. The molecule has 3 N–H and O–H groups in total. The Labute approximate surface area is 149 Å². The van der Waals surface area contributed by atoms with Gasteiger partial charge in [-0.25, -0.2) is 0 Å². The summed E-state index contributed by atoms with van der Waals surface area (Å²) in [6, 6.07) is 8.46. The number of anilines is 1. The molecule has 6 nitrogen and oxygen atoms in total. The van der Waals surface area contributed by atoms with Crippen molar-refractivity contribution < 1.29 is 4.79 Å². The van der Waals surface area contributed by atoms with Crippen LogP contribution >= 0.6 is 0 Å². The largest absolute Gasteiger partial charge is 0.381 e. The van der Waals surface area contributed by atoms with Gasteiger partial charge in [0.15, 0.2) is 0 Å². The van der Waals surface area contributed by atoms with Crippen LogP contribution in [0.25, 0.3) is 0 Å². The molecule has 2 heterocycles. The van der Waals surface area contributed by atoms with Crippen LogP contribution in [0.5, 0.6) is 0 Å². The normalized spacial score (nSPS) is 18.2. The first-order chi connectivity index (χ1) is 12.1. The van der Waals surface area contributed by atoms with Crippen molar-refractivity contribution in [1.29, 1.82) is 0 Å².